The minimum atomic E-state index is 0.324. The third-order valence-corrected chi connectivity index (χ3v) is 5.42. The first kappa shape index (κ1) is 15.0. The van der Waals surface area contributed by atoms with Crippen LogP contribution >= 0.6 is 0 Å². The molecule has 0 amide bonds. The molecular formula is C17H29N3O. The zero-order chi connectivity index (χ0) is 14.8. The summed E-state index contributed by atoms with van der Waals surface area (Å²) in [6, 6.07) is 1.67. The highest BCUT2D eigenvalue weighted by Gasteiger charge is 2.35. The Kier molecular flexibility index (Phi) is 4.65. The Morgan fingerprint density at radius 2 is 2.05 bits per heavy atom. The number of hydrogen-bond donors (Lipinski definition) is 2. The zero-order valence-corrected chi connectivity index (χ0v) is 13.6. The van der Waals surface area contributed by atoms with Gasteiger partial charge in [-0.2, -0.15) is 0 Å². The molecule has 0 aromatic carbocycles. The van der Waals surface area contributed by atoms with Gasteiger partial charge in [-0.05, 0) is 58.9 Å². The number of nitrogens with one attached hydrogen (secondary N) is 2. The Morgan fingerprint density at radius 3 is 2.71 bits per heavy atom. The van der Waals surface area contributed by atoms with Gasteiger partial charge in [-0.1, -0.05) is 18.0 Å². The largest absolute Gasteiger partial charge is 0.361 e. The molecule has 0 radical (unpaired) electrons. The number of nitrogens with zero attached hydrogens (tertiary/aromatic N) is 1. The van der Waals surface area contributed by atoms with Crippen LogP contribution in [0.1, 0.15) is 68.5 Å². The molecule has 1 aliphatic heterocycles. The number of aromatic nitrogens is 1. The average molecular weight is 291 g/mol. The first-order valence-corrected chi connectivity index (χ1v) is 8.59. The molecule has 0 bridgehead atoms. The lowest BCUT2D eigenvalue weighted by atomic mass is 9.87. The van der Waals surface area contributed by atoms with E-state index in [1.165, 1.54) is 50.6 Å². The van der Waals surface area contributed by atoms with Crippen LogP contribution in [0.5, 0.6) is 0 Å². The fraction of sp³-hybridized carbons (Fsp3) is 0.824. The number of hydrogen-bond acceptors (Lipinski definition) is 4. The molecule has 2 heterocycles. The molecule has 4 nitrogen and oxygen atoms in total. The Hall–Kier alpha value is -0.870. The normalized spacial score (nSPS) is 31.5. The lowest BCUT2D eigenvalue weighted by Crippen LogP contribution is -2.47. The van der Waals surface area contributed by atoms with E-state index in [0.29, 0.717) is 12.1 Å². The molecule has 2 aliphatic rings. The molecule has 1 saturated carbocycles. The summed E-state index contributed by atoms with van der Waals surface area (Å²) < 4.78 is 5.32. The molecule has 4 heteroatoms. The molecule has 4 unspecified atom stereocenters. The second-order valence-electron chi connectivity index (χ2n) is 6.88. The van der Waals surface area contributed by atoms with E-state index in [0.717, 1.165) is 23.4 Å². The molecular weight excluding hydrogens is 262 g/mol. The molecule has 2 fully saturated rings. The van der Waals surface area contributed by atoms with Gasteiger partial charge < -0.3 is 15.2 Å². The molecule has 0 spiro atoms. The van der Waals surface area contributed by atoms with Crippen molar-refractivity contribution < 1.29 is 4.52 Å². The molecule has 2 N–H and O–H groups in total. The summed E-state index contributed by atoms with van der Waals surface area (Å²) >= 11 is 0. The molecule has 3 rings (SSSR count). The van der Waals surface area contributed by atoms with E-state index >= 15 is 0 Å². The quantitative estimate of drug-likeness (QED) is 0.894. The van der Waals surface area contributed by atoms with Gasteiger partial charge in [0.2, 0.25) is 0 Å². The fourth-order valence-electron chi connectivity index (χ4n) is 4.43. The van der Waals surface area contributed by atoms with Crippen LogP contribution in [-0.2, 0) is 0 Å². The third kappa shape index (κ3) is 3.16. The maximum Gasteiger partial charge on any atom is 0.138 e. The van der Waals surface area contributed by atoms with Gasteiger partial charge in [0, 0.05) is 23.7 Å². The summed E-state index contributed by atoms with van der Waals surface area (Å²) in [7, 11) is 0. The van der Waals surface area contributed by atoms with E-state index in [9.17, 15) is 0 Å². The molecule has 1 aromatic rings. The first-order valence-electron chi connectivity index (χ1n) is 8.59. The van der Waals surface area contributed by atoms with Crippen molar-refractivity contribution in [3.8, 4) is 0 Å². The van der Waals surface area contributed by atoms with E-state index in [1.54, 1.807) is 0 Å². The van der Waals surface area contributed by atoms with Gasteiger partial charge in [0.25, 0.3) is 0 Å². The average Bonchev–Trinajstić information content (AvgIpc) is 3.07. The second kappa shape index (κ2) is 6.49. The molecule has 21 heavy (non-hydrogen) atoms. The van der Waals surface area contributed by atoms with Crippen LogP contribution in [0.2, 0.25) is 0 Å². The van der Waals surface area contributed by atoms with Gasteiger partial charge in [-0.15, -0.1) is 0 Å². The lowest BCUT2D eigenvalue weighted by Gasteiger charge is -2.34. The predicted molar refractivity (Wildman–Crippen MR) is 84.3 cm³/mol. The number of aryl methyl sites for hydroxylation is 2. The Labute approximate surface area is 128 Å². The lowest BCUT2D eigenvalue weighted by molar-refractivity contribution is 0.248. The van der Waals surface area contributed by atoms with Crippen molar-refractivity contribution in [2.45, 2.75) is 77.4 Å². The summed E-state index contributed by atoms with van der Waals surface area (Å²) in [5.41, 5.74) is 2.27. The first-order chi connectivity index (χ1) is 10.2. The van der Waals surface area contributed by atoms with Crippen molar-refractivity contribution in [3.63, 3.8) is 0 Å². The van der Waals surface area contributed by atoms with E-state index in [-0.39, 0.29) is 0 Å². The molecule has 4 atom stereocenters. The van der Waals surface area contributed by atoms with Crippen molar-refractivity contribution in [3.05, 3.63) is 17.0 Å². The van der Waals surface area contributed by atoms with E-state index in [4.69, 9.17) is 4.52 Å². The Bertz CT molecular complexity index is 445. The van der Waals surface area contributed by atoms with Gasteiger partial charge in [-0.25, -0.2) is 0 Å². The second-order valence-corrected chi connectivity index (χ2v) is 6.88. The van der Waals surface area contributed by atoms with Crippen LogP contribution in [-0.4, -0.2) is 23.8 Å². The maximum absolute atomic E-state index is 5.32. The third-order valence-electron chi connectivity index (χ3n) is 5.42. The van der Waals surface area contributed by atoms with Crippen LogP contribution in [0, 0.1) is 19.8 Å². The zero-order valence-electron chi connectivity index (χ0n) is 13.6. The van der Waals surface area contributed by atoms with Crippen molar-refractivity contribution in [1.29, 1.82) is 0 Å². The van der Waals surface area contributed by atoms with Crippen LogP contribution in [0.15, 0.2) is 4.52 Å². The van der Waals surface area contributed by atoms with E-state index < -0.39 is 0 Å². The molecule has 118 valence electrons. The van der Waals surface area contributed by atoms with E-state index in [2.05, 4.69) is 22.7 Å². The Balaban J connectivity index is 1.65. The molecule has 1 saturated heterocycles. The highest BCUT2D eigenvalue weighted by molar-refractivity contribution is 5.24. The van der Waals surface area contributed by atoms with Gasteiger partial charge in [0.15, 0.2) is 0 Å². The van der Waals surface area contributed by atoms with Crippen LogP contribution in [0.25, 0.3) is 0 Å². The minimum absolute atomic E-state index is 0.324. The number of piperidine rings is 1. The van der Waals surface area contributed by atoms with E-state index in [1.807, 2.05) is 13.8 Å². The minimum Gasteiger partial charge on any atom is -0.361 e. The summed E-state index contributed by atoms with van der Waals surface area (Å²) in [6.07, 6.45) is 8.11. The van der Waals surface area contributed by atoms with Crippen molar-refractivity contribution >= 4 is 0 Å². The summed E-state index contributed by atoms with van der Waals surface area (Å²) in [5.74, 6) is 1.74. The van der Waals surface area contributed by atoms with Gasteiger partial charge in [-0.3, -0.25) is 0 Å². The van der Waals surface area contributed by atoms with Gasteiger partial charge in [0.05, 0.1) is 5.69 Å². The molecule has 1 aliphatic carbocycles. The van der Waals surface area contributed by atoms with Gasteiger partial charge in [0.1, 0.15) is 5.76 Å². The highest BCUT2D eigenvalue weighted by atomic mass is 16.5. The smallest absolute Gasteiger partial charge is 0.138 e. The summed E-state index contributed by atoms with van der Waals surface area (Å²) in [6.45, 7) is 7.50. The van der Waals surface area contributed by atoms with Crippen LogP contribution in [0.4, 0.5) is 0 Å². The summed E-state index contributed by atoms with van der Waals surface area (Å²) in [5, 5.41) is 11.7. The standard InChI is InChI=1S/C17H29N3O/c1-11(17-12(2)20-21-13(17)3)19-16-9-6-7-14(16)15-8-4-5-10-18-15/h11,14-16,18-19H,4-10H2,1-3H3. The Morgan fingerprint density at radius 1 is 1.19 bits per heavy atom. The summed E-state index contributed by atoms with van der Waals surface area (Å²) in [4.78, 5) is 0. The maximum atomic E-state index is 5.32. The predicted octanol–water partition coefficient (Wildman–Crippen LogP) is 3.25. The van der Waals surface area contributed by atoms with Crippen LogP contribution < -0.4 is 10.6 Å². The van der Waals surface area contributed by atoms with Gasteiger partial charge >= 0.3 is 0 Å². The molecule has 1 aromatic heterocycles. The fourth-order valence-corrected chi connectivity index (χ4v) is 4.43. The highest BCUT2D eigenvalue weighted by Crippen LogP contribution is 2.33. The topological polar surface area (TPSA) is 50.1 Å². The SMILES string of the molecule is Cc1noc(C)c1C(C)NC1CCCC1C1CCCCN1. The van der Waals surface area contributed by atoms with Crippen LogP contribution in [0.3, 0.4) is 0 Å². The number of rotatable bonds is 4. The van der Waals surface area contributed by atoms with Crippen molar-refractivity contribution in [2.75, 3.05) is 6.54 Å². The van der Waals surface area contributed by atoms with Crippen molar-refractivity contribution in [1.82, 2.24) is 15.8 Å². The van der Waals surface area contributed by atoms with Crippen molar-refractivity contribution in [2.24, 2.45) is 5.92 Å². The monoisotopic (exact) mass is 291 g/mol.